The van der Waals surface area contributed by atoms with Crippen LogP contribution in [0.25, 0.3) is 0 Å². The number of hydrogen-bond acceptors (Lipinski definition) is 5. The molecule has 0 radical (unpaired) electrons. The fourth-order valence-corrected chi connectivity index (χ4v) is 3.34. The number of benzene rings is 1. The minimum absolute atomic E-state index is 0.0160. The Labute approximate surface area is 168 Å². The van der Waals surface area contributed by atoms with Crippen LogP contribution in [0.4, 0.5) is 4.39 Å². The van der Waals surface area contributed by atoms with E-state index in [9.17, 15) is 18.8 Å². The predicted molar refractivity (Wildman–Crippen MR) is 100 cm³/mol. The van der Waals surface area contributed by atoms with Gasteiger partial charge in [0.2, 0.25) is 11.8 Å². The van der Waals surface area contributed by atoms with Gasteiger partial charge in [0.05, 0.1) is 13.2 Å². The van der Waals surface area contributed by atoms with E-state index < -0.39 is 35.9 Å². The molecule has 0 bridgehead atoms. The van der Waals surface area contributed by atoms with Crippen LogP contribution in [-0.2, 0) is 30.4 Å². The van der Waals surface area contributed by atoms with Crippen molar-refractivity contribution in [2.75, 3.05) is 14.2 Å². The first-order valence-electron chi connectivity index (χ1n) is 8.90. The number of amides is 2. The molecule has 7 nitrogen and oxygen atoms in total. The van der Waals surface area contributed by atoms with E-state index in [1.54, 1.807) is 6.92 Å². The van der Waals surface area contributed by atoms with Crippen LogP contribution < -0.4 is 5.32 Å². The Kier molecular flexibility index (Phi) is 7.77. The number of likely N-dealkylation sites (tertiary alicyclic amines) is 1. The highest BCUT2D eigenvalue weighted by molar-refractivity contribution is 6.30. The number of halogens is 2. The fourth-order valence-electron chi connectivity index (χ4n) is 3.15. The number of hydrogen-bond donors (Lipinski definition) is 1. The SMILES string of the molecule is COC(=O)[C@@H](NC(=O)C[C@@H]1CCC(=O)N1Cc1cc(Cl)ccc1F)[C@@H](C)OC. The summed E-state index contributed by atoms with van der Waals surface area (Å²) in [6, 6.07) is 2.78. The van der Waals surface area contributed by atoms with Gasteiger partial charge < -0.3 is 19.7 Å². The Hall–Kier alpha value is -2.19. The van der Waals surface area contributed by atoms with Crippen LogP contribution >= 0.6 is 11.6 Å². The summed E-state index contributed by atoms with van der Waals surface area (Å²) in [7, 11) is 2.64. The van der Waals surface area contributed by atoms with Crippen molar-refractivity contribution in [3.05, 3.63) is 34.6 Å². The number of carbonyl (C=O) groups is 3. The maximum atomic E-state index is 14.0. The first-order chi connectivity index (χ1) is 13.3. The molecule has 154 valence electrons. The average Bonchev–Trinajstić information content (AvgIpc) is 3.01. The Bertz CT molecular complexity index is 745. The summed E-state index contributed by atoms with van der Waals surface area (Å²) in [5, 5.41) is 2.96. The average molecular weight is 415 g/mol. The normalized spacial score (nSPS) is 18.7. The predicted octanol–water partition coefficient (Wildman–Crippen LogP) is 2.05. The molecule has 1 aromatic carbocycles. The van der Waals surface area contributed by atoms with Gasteiger partial charge in [-0.05, 0) is 31.5 Å². The van der Waals surface area contributed by atoms with Crippen molar-refractivity contribution < 1.29 is 28.2 Å². The minimum Gasteiger partial charge on any atom is -0.467 e. The summed E-state index contributed by atoms with van der Waals surface area (Å²) in [5.41, 5.74) is 0.286. The highest BCUT2D eigenvalue weighted by Gasteiger charge is 2.35. The molecular formula is C19H24ClFN2O5. The lowest BCUT2D eigenvalue weighted by molar-refractivity contribution is -0.149. The van der Waals surface area contributed by atoms with E-state index in [-0.39, 0.29) is 30.9 Å². The van der Waals surface area contributed by atoms with E-state index in [0.29, 0.717) is 11.4 Å². The van der Waals surface area contributed by atoms with Crippen LogP contribution in [0.3, 0.4) is 0 Å². The van der Waals surface area contributed by atoms with E-state index >= 15 is 0 Å². The molecule has 28 heavy (non-hydrogen) atoms. The lowest BCUT2D eigenvalue weighted by atomic mass is 10.1. The number of nitrogens with one attached hydrogen (secondary N) is 1. The molecule has 1 fully saturated rings. The number of esters is 1. The second kappa shape index (κ2) is 9.84. The zero-order chi connectivity index (χ0) is 20.8. The van der Waals surface area contributed by atoms with E-state index in [2.05, 4.69) is 5.32 Å². The number of rotatable bonds is 8. The van der Waals surface area contributed by atoms with E-state index in [1.807, 2.05) is 0 Å². The zero-order valence-electron chi connectivity index (χ0n) is 16.0. The van der Waals surface area contributed by atoms with Gasteiger partial charge >= 0.3 is 5.97 Å². The van der Waals surface area contributed by atoms with Crippen LogP contribution in [0.5, 0.6) is 0 Å². The monoisotopic (exact) mass is 414 g/mol. The maximum absolute atomic E-state index is 14.0. The molecule has 2 rings (SSSR count). The van der Waals surface area contributed by atoms with Crippen molar-refractivity contribution in [3.63, 3.8) is 0 Å². The van der Waals surface area contributed by atoms with Gasteiger partial charge in [-0.1, -0.05) is 11.6 Å². The van der Waals surface area contributed by atoms with Crippen molar-refractivity contribution >= 4 is 29.4 Å². The lowest BCUT2D eigenvalue weighted by Gasteiger charge is -2.26. The van der Waals surface area contributed by atoms with Crippen LogP contribution in [0.2, 0.25) is 5.02 Å². The van der Waals surface area contributed by atoms with Crippen molar-refractivity contribution in [1.82, 2.24) is 10.2 Å². The van der Waals surface area contributed by atoms with Gasteiger partial charge in [0.1, 0.15) is 5.82 Å². The molecule has 0 unspecified atom stereocenters. The van der Waals surface area contributed by atoms with Gasteiger partial charge in [-0.2, -0.15) is 0 Å². The molecule has 0 spiro atoms. The summed E-state index contributed by atoms with van der Waals surface area (Å²) in [4.78, 5) is 38.1. The van der Waals surface area contributed by atoms with Crippen LogP contribution in [0, 0.1) is 5.82 Å². The Morgan fingerprint density at radius 1 is 1.39 bits per heavy atom. The molecule has 0 aliphatic carbocycles. The van der Waals surface area contributed by atoms with Crippen LogP contribution in [0.1, 0.15) is 31.7 Å². The van der Waals surface area contributed by atoms with Crippen LogP contribution in [0.15, 0.2) is 18.2 Å². The van der Waals surface area contributed by atoms with Gasteiger partial charge in [0.25, 0.3) is 0 Å². The van der Waals surface area contributed by atoms with Gasteiger partial charge in [0, 0.05) is 43.1 Å². The molecule has 1 aliphatic heterocycles. The molecule has 2 amide bonds. The highest BCUT2D eigenvalue weighted by atomic mass is 35.5. The zero-order valence-corrected chi connectivity index (χ0v) is 16.8. The summed E-state index contributed by atoms with van der Waals surface area (Å²) >= 11 is 5.91. The highest BCUT2D eigenvalue weighted by Crippen LogP contribution is 2.26. The largest absolute Gasteiger partial charge is 0.467 e. The fraction of sp³-hybridized carbons (Fsp3) is 0.526. The van der Waals surface area contributed by atoms with Gasteiger partial charge in [-0.25, -0.2) is 9.18 Å². The first-order valence-corrected chi connectivity index (χ1v) is 9.28. The van der Waals surface area contributed by atoms with Gasteiger partial charge in [-0.15, -0.1) is 0 Å². The third-order valence-electron chi connectivity index (χ3n) is 4.83. The summed E-state index contributed by atoms with van der Waals surface area (Å²) in [6.45, 7) is 1.66. The van der Waals surface area contributed by atoms with Crippen molar-refractivity contribution in [2.45, 2.75) is 50.9 Å². The Morgan fingerprint density at radius 3 is 2.75 bits per heavy atom. The molecular weight excluding hydrogens is 391 g/mol. The van der Waals surface area contributed by atoms with Crippen molar-refractivity contribution in [3.8, 4) is 0 Å². The maximum Gasteiger partial charge on any atom is 0.331 e. The van der Waals surface area contributed by atoms with E-state index in [4.69, 9.17) is 21.1 Å². The molecule has 1 heterocycles. The number of nitrogens with zero attached hydrogens (tertiary/aromatic N) is 1. The third-order valence-corrected chi connectivity index (χ3v) is 5.07. The number of methoxy groups -OCH3 is 2. The summed E-state index contributed by atoms with van der Waals surface area (Å²) in [6.07, 6.45) is 0.141. The molecule has 1 aromatic rings. The molecule has 0 aromatic heterocycles. The third kappa shape index (κ3) is 5.42. The molecule has 0 saturated carbocycles. The molecule has 3 atom stereocenters. The summed E-state index contributed by atoms with van der Waals surface area (Å²) in [5.74, 6) is -1.67. The van der Waals surface area contributed by atoms with Gasteiger partial charge in [0.15, 0.2) is 6.04 Å². The Balaban J connectivity index is 2.06. The van der Waals surface area contributed by atoms with Crippen molar-refractivity contribution in [2.24, 2.45) is 0 Å². The topological polar surface area (TPSA) is 84.9 Å². The van der Waals surface area contributed by atoms with Crippen molar-refractivity contribution in [1.29, 1.82) is 0 Å². The molecule has 1 aliphatic rings. The molecule has 1 saturated heterocycles. The second-order valence-electron chi connectivity index (χ2n) is 6.66. The Morgan fingerprint density at radius 2 is 2.11 bits per heavy atom. The minimum atomic E-state index is -0.960. The lowest BCUT2D eigenvalue weighted by Crippen LogP contribution is -2.50. The standard InChI is InChI=1S/C19H24ClFN2O5/c1-11(27-2)18(19(26)28-3)22-16(24)9-14-5-7-17(25)23(14)10-12-8-13(20)4-6-15(12)21/h4,6,8,11,14,18H,5,7,9-10H2,1-3H3,(H,22,24)/t11-,14+,18+/m1/s1. The smallest absolute Gasteiger partial charge is 0.331 e. The number of ether oxygens (including phenoxy) is 2. The summed E-state index contributed by atoms with van der Waals surface area (Å²) < 4.78 is 23.8. The molecule has 9 heteroatoms. The second-order valence-corrected chi connectivity index (χ2v) is 7.10. The van der Waals surface area contributed by atoms with Gasteiger partial charge in [-0.3, -0.25) is 9.59 Å². The molecule has 1 N–H and O–H groups in total. The first kappa shape index (κ1) is 22.1. The number of carbonyl (C=O) groups excluding carboxylic acids is 3. The van der Waals surface area contributed by atoms with Crippen LogP contribution in [-0.4, -0.2) is 55.1 Å². The van der Waals surface area contributed by atoms with E-state index in [1.165, 1.54) is 37.3 Å². The van der Waals surface area contributed by atoms with E-state index in [0.717, 1.165) is 0 Å². The quantitative estimate of drug-likeness (QED) is 0.658.